The predicted molar refractivity (Wildman–Crippen MR) is 78.2 cm³/mol. The summed E-state index contributed by atoms with van der Waals surface area (Å²) in [6.07, 6.45) is 0. The SMILES string of the molecule is CCN(c1ccccc1)c1ccccc1C(C)N. The third kappa shape index (κ3) is 2.54. The van der Waals surface area contributed by atoms with Gasteiger partial charge in [-0.25, -0.2) is 0 Å². The Morgan fingerprint density at radius 2 is 1.61 bits per heavy atom. The highest BCUT2D eigenvalue weighted by molar-refractivity contribution is 5.66. The van der Waals surface area contributed by atoms with Crippen molar-refractivity contribution in [3.05, 3.63) is 60.2 Å². The van der Waals surface area contributed by atoms with Crippen LogP contribution in [0.4, 0.5) is 11.4 Å². The molecule has 0 aliphatic carbocycles. The molecular formula is C16H20N2. The van der Waals surface area contributed by atoms with Crippen LogP contribution in [0, 0.1) is 0 Å². The van der Waals surface area contributed by atoms with Gasteiger partial charge in [0.15, 0.2) is 0 Å². The van der Waals surface area contributed by atoms with Gasteiger partial charge < -0.3 is 10.6 Å². The van der Waals surface area contributed by atoms with Crippen LogP contribution in [0.25, 0.3) is 0 Å². The quantitative estimate of drug-likeness (QED) is 0.879. The summed E-state index contributed by atoms with van der Waals surface area (Å²) in [7, 11) is 0. The number of nitrogens with two attached hydrogens (primary N) is 1. The molecule has 18 heavy (non-hydrogen) atoms. The lowest BCUT2D eigenvalue weighted by molar-refractivity contribution is 0.811. The van der Waals surface area contributed by atoms with E-state index in [1.807, 2.05) is 19.1 Å². The molecule has 2 nitrogen and oxygen atoms in total. The van der Waals surface area contributed by atoms with Crippen LogP contribution in [-0.2, 0) is 0 Å². The molecule has 2 aromatic carbocycles. The molecule has 2 heteroatoms. The van der Waals surface area contributed by atoms with Crippen LogP contribution in [-0.4, -0.2) is 6.54 Å². The molecule has 0 amide bonds. The fourth-order valence-electron chi connectivity index (χ4n) is 2.22. The van der Waals surface area contributed by atoms with Crippen LogP contribution in [0.5, 0.6) is 0 Å². The smallest absolute Gasteiger partial charge is 0.0458 e. The van der Waals surface area contributed by atoms with Crippen LogP contribution in [0.1, 0.15) is 25.5 Å². The maximum absolute atomic E-state index is 6.06. The summed E-state index contributed by atoms with van der Waals surface area (Å²) in [6.45, 7) is 5.11. The van der Waals surface area contributed by atoms with Gasteiger partial charge in [-0.3, -0.25) is 0 Å². The molecule has 2 rings (SSSR count). The van der Waals surface area contributed by atoms with Crippen molar-refractivity contribution in [3.63, 3.8) is 0 Å². The maximum Gasteiger partial charge on any atom is 0.0458 e. The van der Waals surface area contributed by atoms with E-state index in [0.717, 1.165) is 6.54 Å². The summed E-state index contributed by atoms with van der Waals surface area (Å²) >= 11 is 0. The molecule has 0 fully saturated rings. The van der Waals surface area contributed by atoms with E-state index in [1.54, 1.807) is 0 Å². The van der Waals surface area contributed by atoms with Gasteiger partial charge in [-0.15, -0.1) is 0 Å². The van der Waals surface area contributed by atoms with Gasteiger partial charge in [-0.2, -0.15) is 0 Å². The lowest BCUT2D eigenvalue weighted by Gasteiger charge is -2.27. The van der Waals surface area contributed by atoms with E-state index < -0.39 is 0 Å². The topological polar surface area (TPSA) is 29.3 Å². The first-order valence-corrected chi connectivity index (χ1v) is 6.41. The number of hydrogen-bond donors (Lipinski definition) is 1. The molecule has 0 heterocycles. The summed E-state index contributed by atoms with van der Waals surface area (Å²) in [5.41, 5.74) is 9.64. The van der Waals surface area contributed by atoms with Gasteiger partial charge in [-0.1, -0.05) is 36.4 Å². The van der Waals surface area contributed by atoms with Crippen LogP contribution in [0.15, 0.2) is 54.6 Å². The average molecular weight is 240 g/mol. The first-order valence-electron chi connectivity index (χ1n) is 6.41. The summed E-state index contributed by atoms with van der Waals surface area (Å²) in [5, 5.41) is 0. The van der Waals surface area contributed by atoms with E-state index in [0.29, 0.717) is 0 Å². The Balaban J connectivity index is 2.46. The average Bonchev–Trinajstić information content (AvgIpc) is 2.41. The van der Waals surface area contributed by atoms with Gasteiger partial charge in [0.25, 0.3) is 0 Å². The third-order valence-electron chi connectivity index (χ3n) is 3.10. The number of anilines is 2. The fourth-order valence-corrected chi connectivity index (χ4v) is 2.22. The minimum atomic E-state index is 0.0407. The normalized spacial score (nSPS) is 12.2. The molecule has 1 unspecified atom stereocenters. The second-order valence-electron chi connectivity index (χ2n) is 4.43. The van der Waals surface area contributed by atoms with Crippen LogP contribution < -0.4 is 10.6 Å². The number of benzene rings is 2. The fraction of sp³-hybridized carbons (Fsp3) is 0.250. The minimum Gasteiger partial charge on any atom is -0.341 e. The van der Waals surface area contributed by atoms with Crippen molar-refractivity contribution < 1.29 is 0 Å². The van der Waals surface area contributed by atoms with E-state index in [1.165, 1.54) is 16.9 Å². The molecule has 0 aliphatic rings. The first-order chi connectivity index (χ1) is 8.74. The highest BCUT2D eigenvalue weighted by Gasteiger charge is 2.13. The molecule has 2 aromatic rings. The number of hydrogen-bond acceptors (Lipinski definition) is 2. The monoisotopic (exact) mass is 240 g/mol. The molecule has 0 bridgehead atoms. The maximum atomic E-state index is 6.06. The predicted octanol–water partition coefficient (Wildman–Crippen LogP) is 3.86. The van der Waals surface area contributed by atoms with E-state index >= 15 is 0 Å². The number of nitrogens with zero attached hydrogens (tertiary/aromatic N) is 1. The van der Waals surface area contributed by atoms with Crippen molar-refractivity contribution in [2.45, 2.75) is 19.9 Å². The molecule has 94 valence electrons. The summed E-state index contributed by atoms with van der Waals surface area (Å²) in [4.78, 5) is 2.29. The zero-order valence-electron chi connectivity index (χ0n) is 11.0. The standard InChI is InChI=1S/C16H20N2/c1-3-18(14-9-5-4-6-10-14)16-12-8-7-11-15(16)13(2)17/h4-13H,3,17H2,1-2H3. The summed E-state index contributed by atoms with van der Waals surface area (Å²) in [6, 6.07) is 18.8. The van der Waals surface area contributed by atoms with Crippen molar-refractivity contribution in [1.82, 2.24) is 0 Å². The molecule has 0 aromatic heterocycles. The minimum absolute atomic E-state index is 0.0407. The molecule has 0 aliphatic heterocycles. The van der Waals surface area contributed by atoms with E-state index in [4.69, 9.17) is 5.73 Å². The van der Waals surface area contributed by atoms with Gasteiger partial charge in [0.05, 0.1) is 0 Å². The number of para-hydroxylation sites is 2. The van der Waals surface area contributed by atoms with Crippen molar-refractivity contribution in [3.8, 4) is 0 Å². The molecule has 0 saturated carbocycles. The zero-order chi connectivity index (χ0) is 13.0. The third-order valence-corrected chi connectivity index (χ3v) is 3.10. The Labute approximate surface area is 109 Å². The van der Waals surface area contributed by atoms with E-state index in [-0.39, 0.29) is 6.04 Å². The Morgan fingerprint density at radius 1 is 1.00 bits per heavy atom. The molecule has 0 saturated heterocycles. The molecule has 2 N–H and O–H groups in total. The van der Waals surface area contributed by atoms with Gasteiger partial charge in [0.1, 0.15) is 0 Å². The van der Waals surface area contributed by atoms with E-state index in [9.17, 15) is 0 Å². The second kappa shape index (κ2) is 5.69. The van der Waals surface area contributed by atoms with Gasteiger partial charge in [0, 0.05) is 24.0 Å². The lowest BCUT2D eigenvalue weighted by atomic mass is 10.1. The Hall–Kier alpha value is -1.80. The van der Waals surface area contributed by atoms with Crippen molar-refractivity contribution in [2.24, 2.45) is 5.73 Å². The van der Waals surface area contributed by atoms with Crippen LogP contribution in [0.2, 0.25) is 0 Å². The highest BCUT2D eigenvalue weighted by Crippen LogP contribution is 2.30. The summed E-state index contributed by atoms with van der Waals surface area (Å²) < 4.78 is 0. The van der Waals surface area contributed by atoms with Crippen LogP contribution in [0.3, 0.4) is 0 Å². The molecule has 0 radical (unpaired) electrons. The molecule has 0 spiro atoms. The van der Waals surface area contributed by atoms with Crippen molar-refractivity contribution >= 4 is 11.4 Å². The van der Waals surface area contributed by atoms with Gasteiger partial charge in [-0.05, 0) is 37.6 Å². The highest BCUT2D eigenvalue weighted by atomic mass is 15.1. The van der Waals surface area contributed by atoms with Gasteiger partial charge in [0.2, 0.25) is 0 Å². The van der Waals surface area contributed by atoms with Crippen molar-refractivity contribution in [1.29, 1.82) is 0 Å². The largest absolute Gasteiger partial charge is 0.341 e. The second-order valence-corrected chi connectivity index (χ2v) is 4.43. The van der Waals surface area contributed by atoms with Gasteiger partial charge >= 0.3 is 0 Å². The Kier molecular flexibility index (Phi) is 4.00. The summed E-state index contributed by atoms with van der Waals surface area (Å²) in [5.74, 6) is 0. The Morgan fingerprint density at radius 3 is 2.22 bits per heavy atom. The Bertz CT molecular complexity index is 491. The van der Waals surface area contributed by atoms with Crippen LogP contribution >= 0.6 is 0 Å². The zero-order valence-corrected chi connectivity index (χ0v) is 11.0. The van der Waals surface area contributed by atoms with Crippen molar-refractivity contribution in [2.75, 3.05) is 11.4 Å². The molecular weight excluding hydrogens is 220 g/mol. The van der Waals surface area contributed by atoms with E-state index in [2.05, 4.69) is 54.3 Å². The lowest BCUT2D eigenvalue weighted by Crippen LogP contribution is -2.19. The molecule has 1 atom stereocenters. The number of rotatable bonds is 4. The first kappa shape index (κ1) is 12.7.